The van der Waals surface area contributed by atoms with Gasteiger partial charge in [0.05, 0.1) is 18.2 Å². The van der Waals surface area contributed by atoms with Crippen LogP contribution in [0.3, 0.4) is 0 Å². The van der Waals surface area contributed by atoms with Gasteiger partial charge >= 0.3 is 0 Å². The summed E-state index contributed by atoms with van der Waals surface area (Å²) in [6, 6.07) is 5.97. The summed E-state index contributed by atoms with van der Waals surface area (Å²) in [6.07, 6.45) is 0. The maximum Gasteiger partial charge on any atom is 0.137 e. The van der Waals surface area contributed by atoms with Gasteiger partial charge in [0.1, 0.15) is 5.75 Å². The number of hydrazine groups is 1. The highest BCUT2D eigenvalue weighted by molar-refractivity contribution is 8.06. The first-order chi connectivity index (χ1) is 8.76. The van der Waals surface area contributed by atoms with Crippen molar-refractivity contribution in [3.05, 3.63) is 28.8 Å². The molecule has 100 valence electrons. The summed E-state index contributed by atoms with van der Waals surface area (Å²) in [5.74, 6) is 9.93. The molecule has 0 spiro atoms. The number of hydrogen-bond acceptors (Lipinski definition) is 5. The van der Waals surface area contributed by atoms with Gasteiger partial charge in [-0.2, -0.15) is 23.5 Å². The van der Waals surface area contributed by atoms with E-state index in [1.54, 1.807) is 7.11 Å². The number of thioether (sulfide) groups is 2. The molecule has 6 heteroatoms. The minimum atomic E-state index is 0.133. The zero-order valence-corrected chi connectivity index (χ0v) is 12.6. The summed E-state index contributed by atoms with van der Waals surface area (Å²) >= 11 is 10.00. The van der Waals surface area contributed by atoms with E-state index in [0.29, 0.717) is 16.0 Å². The lowest BCUT2D eigenvalue weighted by atomic mass is 10.0. The fourth-order valence-corrected chi connectivity index (χ4v) is 5.03. The van der Waals surface area contributed by atoms with Crippen LogP contribution in [0.4, 0.5) is 0 Å². The Balaban J connectivity index is 2.20. The topological polar surface area (TPSA) is 47.3 Å². The lowest BCUT2D eigenvalue weighted by Crippen LogP contribution is -2.37. The Morgan fingerprint density at radius 2 is 2.33 bits per heavy atom. The predicted molar refractivity (Wildman–Crippen MR) is 81.6 cm³/mol. The van der Waals surface area contributed by atoms with Gasteiger partial charge in [-0.15, -0.1) is 0 Å². The van der Waals surface area contributed by atoms with Crippen LogP contribution < -0.4 is 16.0 Å². The van der Waals surface area contributed by atoms with E-state index in [1.165, 1.54) is 11.5 Å². The molecule has 1 aliphatic rings. The Hall–Kier alpha value is -0.0700. The van der Waals surface area contributed by atoms with Crippen molar-refractivity contribution in [2.45, 2.75) is 11.3 Å². The molecule has 0 bridgehead atoms. The van der Waals surface area contributed by atoms with Gasteiger partial charge < -0.3 is 4.74 Å². The van der Waals surface area contributed by atoms with Crippen LogP contribution in [0, 0.1) is 0 Å². The van der Waals surface area contributed by atoms with Crippen molar-refractivity contribution >= 4 is 35.1 Å². The second kappa shape index (κ2) is 6.91. The summed E-state index contributed by atoms with van der Waals surface area (Å²) in [7, 11) is 1.63. The molecule has 0 amide bonds. The second-order valence-electron chi connectivity index (χ2n) is 4.02. The minimum absolute atomic E-state index is 0.133. The van der Waals surface area contributed by atoms with Crippen molar-refractivity contribution in [3.8, 4) is 5.75 Å². The molecule has 1 aromatic rings. The number of rotatable bonds is 4. The summed E-state index contributed by atoms with van der Waals surface area (Å²) in [5.41, 5.74) is 4.05. The Kier molecular flexibility index (Phi) is 5.51. The van der Waals surface area contributed by atoms with Crippen LogP contribution in [0.25, 0.3) is 0 Å². The van der Waals surface area contributed by atoms with Crippen LogP contribution in [0.1, 0.15) is 11.6 Å². The monoisotopic (exact) mass is 304 g/mol. The number of methoxy groups -OCH3 is 1. The number of benzene rings is 1. The third-order valence-corrected chi connectivity index (χ3v) is 6.10. The normalized spacial score (nSPS) is 21.6. The van der Waals surface area contributed by atoms with Gasteiger partial charge in [-0.1, -0.05) is 17.7 Å². The summed E-state index contributed by atoms with van der Waals surface area (Å²) in [6.45, 7) is 0. The SMILES string of the molecule is COc1cc(C(NN)C2CSCCS2)ccc1Cl. The predicted octanol–water partition coefficient (Wildman–Crippen LogP) is 2.70. The van der Waals surface area contributed by atoms with Crippen molar-refractivity contribution in [1.29, 1.82) is 0 Å². The fraction of sp³-hybridized carbons (Fsp3) is 0.500. The van der Waals surface area contributed by atoms with E-state index in [0.717, 1.165) is 11.3 Å². The number of ether oxygens (including phenoxy) is 1. The van der Waals surface area contributed by atoms with Crippen molar-refractivity contribution in [2.24, 2.45) is 5.84 Å². The molecule has 2 rings (SSSR count). The molecule has 1 heterocycles. The molecular formula is C12H17ClN2OS2. The van der Waals surface area contributed by atoms with Crippen LogP contribution in [-0.2, 0) is 0 Å². The van der Waals surface area contributed by atoms with Gasteiger partial charge in [-0.3, -0.25) is 11.3 Å². The molecule has 0 radical (unpaired) electrons. The average Bonchev–Trinajstić information content (AvgIpc) is 2.42. The van der Waals surface area contributed by atoms with E-state index < -0.39 is 0 Å². The Morgan fingerprint density at radius 3 is 2.94 bits per heavy atom. The van der Waals surface area contributed by atoms with Gasteiger partial charge in [-0.25, -0.2) is 0 Å². The molecule has 2 atom stereocenters. The lowest BCUT2D eigenvalue weighted by Gasteiger charge is -2.29. The Bertz CT molecular complexity index is 400. The molecule has 0 aliphatic carbocycles. The molecular weight excluding hydrogens is 288 g/mol. The van der Waals surface area contributed by atoms with E-state index in [-0.39, 0.29) is 6.04 Å². The van der Waals surface area contributed by atoms with Gasteiger partial charge in [0.2, 0.25) is 0 Å². The molecule has 0 saturated carbocycles. The summed E-state index contributed by atoms with van der Waals surface area (Å²) in [4.78, 5) is 0. The first-order valence-corrected chi connectivity index (χ1v) is 8.33. The lowest BCUT2D eigenvalue weighted by molar-refractivity contribution is 0.413. The van der Waals surface area contributed by atoms with Crippen LogP contribution in [-0.4, -0.2) is 29.6 Å². The van der Waals surface area contributed by atoms with E-state index in [4.69, 9.17) is 22.2 Å². The van der Waals surface area contributed by atoms with Gasteiger partial charge in [-0.05, 0) is 17.7 Å². The Morgan fingerprint density at radius 1 is 1.50 bits per heavy atom. The summed E-state index contributed by atoms with van der Waals surface area (Å²) in [5, 5.41) is 1.11. The maximum atomic E-state index is 6.04. The quantitative estimate of drug-likeness (QED) is 0.661. The Labute approximate surface area is 121 Å². The highest BCUT2D eigenvalue weighted by atomic mass is 35.5. The fourth-order valence-electron chi connectivity index (χ4n) is 1.99. The number of halogens is 1. The number of nitrogens with one attached hydrogen (secondary N) is 1. The molecule has 1 aliphatic heterocycles. The third-order valence-electron chi connectivity index (χ3n) is 2.93. The zero-order chi connectivity index (χ0) is 13.0. The van der Waals surface area contributed by atoms with E-state index >= 15 is 0 Å². The highest BCUT2D eigenvalue weighted by Crippen LogP contribution is 2.35. The second-order valence-corrected chi connectivity index (χ2v) is 6.93. The van der Waals surface area contributed by atoms with Gasteiger partial charge in [0.15, 0.2) is 0 Å². The van der Waals surface area contributed by atoms with Crippen LogP contribution >= 0.6 is 35.1 Å². The third kappa shape index (κ3) is 3.27. The minimum Gasteiger partial charge on any atom is -0.495 e. The van der Waals surface area contributed by atoms with Crippen molar-refractivity contribution < 1.29 is 4.74 Å². The number of nitrogens with two attached hydrogens (primary N) is 1. The smallest absolute Gasteiger partial charge is 0.137 e. The molecule has 2 unspecified atom stereocenters. The summed E-state index contributed by atoms with van der Waals surface area (Å²) < 4.78 is 5.26. The van der Waals surface area contributed by atoms with Crippen LogP contribution in [0.5, 0.6) is 5.75 Å². The first-order valence-electron chi connectivity index (χ1n) is 5.75. The highest BCUT2D eigenvalue weighted by Gasteiger charge is 2.25. The maximum absolute atomic E-state index is 6.04. The molecule has 1 fully saturated rings. The number of hydrogen-bond donors (Lipinski definition) is 2. The average molecular weight is 305 g/mol. The standard InChI is InChI=1S/C12H17ClN2OS2/c1-16-10-6-8(2-3-9(10)13)12(15-14)11-7-17-4-5-18-11/h2-3,6,11-12,15H,4-5,7,14H2,1H3. The van der Waals surface area contributed by atoms with E-state index in [2.05, 4.69) is 5.43 Å². The van der Waals surface area contributed by atoms with E-state index in [9.17, 15) is 0 Å². The molecule has 18 heavy (non-hydrogen) atoms. The molecule has 1 aromatic carbocycles. The van der Waals surface area contributed by atoms with Gasteiger partial charge in [0, 0.05) is 22.5 Å². The molecule has 1 saturated heterocycles. The first kappa shape index (κ1) is 14.3. The molecule has 0 aromatic heterocycles. The van der Waals surface area contributed by atoms with Crippen molar-refractivity contribution in [2.75, 3.05) is 24.4 Å². The van der Waals surface area contributed by atoms with Gasteiger partial charge in [0.25, 0.3) is 0 Å². The van der Waals surface area contributed by atoms with Crippen molar-refractivity contribution in [3.63, 3.8) is 0 Å². The molecule has 3 nitrogen and oxygen atoms in total. The molecule has 3 N–H and O–H groups in total. The van der Waals surface area contributed by atoms with E-state index in [1.807, 2.05) is 41.7 Å². The van der Waals surface area contributed by atoms with Crippen LogP contribution in [0.2, 0.25) is 5.02 Å². The zero-order valence-electron chi connectivity index (χ0n) is 10.2. The van der Waals surface area contributed by atoms with Crippen LogP contribution in [0.15, 0.2) is 18.2 Å². The van der Waals surface area contributed by atoms with Crippen molar-refractivity contribution in [1.82, 2.24) is 5.43 Å². The largest absolute Gasteiger partial charge is 0.495 e.